The second-order valence-corrected chi connectivity index (χ2v) is 8.87. The van der Waals surface area contributed by atoms with Crippen LogP contribution in [0.5, 0.6) is 0 Å². The van der Waals surface area contributed by atoms with Crippen molar-refractivity contribution in [3.8, 4) is 0 Å². The number of benzene rings is 2. The van der Waals surface area contributed by atoms with Gasteiger partial charge in [0, 0.05) is 28.7 Å². The van der Waals surface area contributed by atoms with E-state index < -0.39 is 0 Å². The van der Waals surface area contributed by atoms with E-state index in [-0.39, 0.29) is 11.0 Å². The highest BCUT2D eigenvalue weighted by atomic mass is 32.2. The number of para-hydroxylation sites is 1. The summed E-state index contributed by atoms with van der Waals surface area (Å²) in [6, 6.07) is 16.6. The van der Waals surface area contributed by atoms with E-state index in [2.05, 4.69) is 32.7 Å². The number of carbonyl (C=O) groups is 1. The summed E-state index contributed by atoms with van der Waals surface area (Å²) in [7, 11) is 0. The Morgan fingerprint density at radius 2 is 1.97 bits per heavy atom. The summed E-state index contributed by atoms with van der Waals surface area (Å²) in [5.41, 5.74) is 3.99. The molecule has 0 radical (unpaired) electrons. The van der Waals surface area contributed by atoms with E-state index in [1.54, 1.807) is 0 Å². The normalized spacial score (nSPS) is 14.9. The topological polar surface area (TPSA) is 63.6 Å². The number of aromatic nitrogens is 4. The fourth-order valence-corrected chi connectivity index (χ4v) is 5.27. The number of nitrogens with zero attached hydrogens (tertiary/aromatic N) is 3. The molecular formula is C24H24N4OS. The highest BCUT2D eigenvalue weighted by Gasteiger charge is 2.32. The predicted molar refractivity (Wildman–Crippen MR) is 120 cm³/mol. The van der Waals surface area contributed by atoms with Crippen molar-refractivity contribution < 1.29 is 4.79 Å². The number of carbonyl (C=O) groups excluding carboxylic acids is 1. The quantitative estimate of drug-likeness (QED) is 0.311. The minimum absolute atomic E-state index is 0.0914. The van der Waals surface area contributed by atoms with Gasteiger partial charge in [-0.15, -0.1) is 10.2 Å². The molecule has 0 amide bonds. The molecule has 1 aliphatic carbocycles. The Hall–Kier alpha value is -2.86. The van der Waals surface area contributed by atoms with E-state index in [0.717, 1.165) is 52.3 Å². The van der Waals surface area contributed by atoms with Crippen molar-refractivity contribution in [1.82, 2.24) is 19.7 Å². The van der Waals surface area contributed by atoms with Crippen LogP contribution in [-0.4, -0.2) is 25.5 Å². The minimum atomic E-state index is -0.378. The van der Waals surface area contributed by atoms with Gasteiger partial charge in [-0.1, -0.05) is 67.2 Å². The zero-order valence-electron chi connectivity index (χ0n) is 17.1. The lowest BCUT2D eigenvalue weighted by Gasteiger charge is -2.16. The summed E-state index contributed by atoms with van der Waals surface area (Å²) in [4.78, 5) is 17.2. The van der Waals surface area contributed by atoms with E-state index in [4.69, 9.17) is 0 Å². The molecule has 1 aliphatic rings. The van der Waals surface area contributed by atoms with Crippen LogP contribution in [0.4, 0.5) is 0 Å². The maximum atomic E-state index is 13.8. The van der Waals surface area contributed by atoms with Gasteiger partial charge in [-0.25, -0.2) is 0 Å². The van der Waals surface area contributed by atoms with Crippen molar-refractivity contribution in [1.29, 1.82) is 0 Å². The number of H-pyrrole nitrogens is 1. The summed E-state index contributed by atoms with van der Waals surface area (Å²) < 4.78 is 2.19. The van der Waals surface area contributed by atoms with Crippen molar-refractivity contribution in [2.24, 2.45) is 0 Å². The highest BCUT2D eigenvalue weighted by molar-refractivity contribution is 8.00. The van der Waals surface area contributed by atoms with E-state index in [1.165, 1.54) is 17.3 Å². The highest BCUT2D eigenvalue weighted by Crippen LogP contribution is 2.43. The standard InChI is InChI=1S/C24H24N4OS/c1-3-16-10-7-11-19-20(14-25-21(16)19)22(29)23(17-8-5-4-6-9-17)30-24-27-26-15(2)28(24)18-12-13-18/h4-11,14,18,23,25H,3,12-13H2,1-2H3. The van der Waals surface area contributed by atoms with Crippen molar-refractivity contribution in [2.75, 3.05) is 0 Å². The Labute approximate surface area is 179 Å². The van der Waals surface area contributed by atoms with Gasteiger partial charge in [-0.05, 0) is 37.3 Å². The van der Waals surface area contributed by atoms with Gasteiger partial charge in [0.2, 0.25) is 0 Å². The van der Waals surface area contributed by atoms with Crippen LogP contribution in [0.2, 0.25) is 0 Å². The van der Waals surface area contributed by atoms with Gasteiger partial charge < -0.3 is 9.55 Å². The Bertz CT molecular complexity index is 1210. The van der Waals surface area contributed by atoms with Crippen LogP contribution in [0, 0.1) is 6.92 Å². The Balaban J connectivity index is 1.57. The molecule has 0 aliphatic heterocycles. The first kappa shape index (κ1) is 19.1. The number of thioether (sulfide) groups is 1. The predicted octanol–water partition coefficient (Wildman–Crippen LogP) is 5.68. The summed E-state index contributed by atoms with van der Waals surface area (Å²) in [5.74, 6) is 1.01. The monoisotopic (exact) mass is 416 g/mol. The number of hydrogen-bond acceptors (Lipinski definition) is 4. The van der Waals surface area contributed by atoms with Gasteiger partial charge in [0.1, 0.15) is 11.1 Å². The van der Waals surface area contributed by atoms with Gasteiger partial charge in [-0.3, -0.25) is 4.79 Å². The number of nitrogens with one attached hydrogen (secondary N) is 1. The molecule has 1 fully saturated rings. The van der Waals surface area contributed by atoms with Gasteiger partial charge in [-0.2, -0.15) is 0 Å². The average Bonchev–Trinajstić information content (AvgIpc) is 3.41. The summed E-state index contributed by atoms with van der Waals surface area (Å²) in [6.45, 7) is 4.12. The van der Waals surface area contributed by atoms with Crippen molar-refractivity contribution >= 4 is 28.4 Å². The van der Waals surface area contributed by atoms with E-state index >= 15 is 0 Å². The molecule has 1 unspecified atom stereocenters. The van der Waals surface area contributed by atoms with Crippen LogP contribution in [-0.2, 0) is 6.42 Å². The van der Waals surface area contributed by atoms with Crippen molar-refractivity contribution in [3.63, 3.8) is 0 Å². The molecule has 0 bridgehead atoms. The molecule has 1 N–H and O–H groups in total. The van der Waals surface area contributed by atoms with E-state index in [9.17, 15) is 4.79 Å². The summed E-state index contributed by atoms with van der Waals surface area (Å²) in [5, 5.41) is 10.1. The number of hydrogen-bond donors (Lipinski definition) is 1. The lowest BCUT2D eigenvalue weighted by Crippen LogP contribution is -2.11. The molecular weight excluding hydrogens is 392 g/mol. The second kappa shape index (κ2) is 7.76. The summed E-state index contributed by atoms with van der Waals surface area (Å²) >= 11 is 1.51. The molecule has 0 spiro atoms. The number of aromatic amines is 1. The molecule has 6 heteroatoms. The first-order chi connectivity index (χ1) is 14.7. The molecule has 4 aromatic rings. The first-order valence-corrected chi connectivity index (χ1v) is 11.3. The number of rotatable bonds is 7. The number of Topliss-reactive ketones (excluding diaryl/α,β-unsaturated/α-hetero) is 1. The van der Waals surface area contributed by atoms with Crippen LogP contribution in [0.3, 0.4) is 0 Å². The summed E-state index contributed by atoms with van der Waals surface area (Å²) in [6.07, 6.45) is 5.09. The van der Waals surface area contributed by atoms with Crippen molar-refractivity contribution in [2.45, 2.75) is 49.6 Å². The van der Waals surface area contributed by atoms with Crippen molar-refractivity contribution in [3.05, 3.63) is 77.2 Å². The average molecular weight is 417 g/mol. The van der Waals surface area contributed by atoms with Crippen LogP contribution in [0.1, 0.15) is 58.4 Å². The molecule has 1 atom stereocenters. The molecule has 5 rings (SSSR count). The third kappa shape index (κ3) is 3.35. The lowest BCUT2D eigenvalue weighted by atomic mass is 10.0. The maximum absolute atomic E-state index is 13.8. The molecule has 0 saturated heterocycles. The lowest BCUT2D eigenvalue weighted by molar-refractivity contribution is 0.0991. The minimum Gasteiger partial charge on any atom is -0.360 e. The zero-order chi connectivity index (χ0) is 20.7. The molecule has 2 aromatic carbocycles. The second-order valence-electron chi connectivity index (χ2n) is 7.80. The van der Waals surface area contributed by atoms with Gasteiger partial charge >= 0.3 is 0 Å². The largest absolute Gasteiger partial charge is 0.360 e. The molecule has 5 nitrogen and oxygen atoms in total. The van der Waals surface area contributed by atoms with Gasteiger partial charge in [0.15, 0.2) is 10.9 Å². The third-order valence-electron chi connectivity index (χ3n) is 5.76. The van der Waals surface area contributed by atoms with Crippen LogP contribution < -0.4 is 0 Å². The maximum Gasteiger partial charge on any atom is 0.192 e. The van der Waals surface area contributed by atoms with E-state index in [0.29, 0.717) is 6.04 Å². The molecule has 1 saturated carbocycles. The zero-order valence-corrected chi connectivity index (χ0v) is 17.9. The third-order valence-corrected chi connectivity index (χ3v) is 6.97. The SMILES string of the molecule is CCc1cccc2c(C(=O)C(Sc3nnc(C)n3C3CC3)c3ccccc3)c[nH]c12. The van der Waals surface area contributed by atoms with Crippen LogP contribution in [0.25, 0.3) is 10.9 Å². The van der Waals surface area contributed by atoms with Crippen LogP contribution >= 0.6 is 11.8 Å². The van der Waals surface area contributed by atoms with Gasteiger partial charge in [0.05, 0.1) is 0 Å². The molecule has 2 heterocycles. The fourth-order valence-electron chi connectivity index (χ4n) is 4.05. The number of aryl methyl sites for hydroxylation is 2. The molecule has 2 aromatic heterocycles. The molecule has 152 valence electrons. The smallest absolute Gasteiger partial charge is 0.192 e. The fraction of sp³-hybridized carbons (Fsp3) is 0.292. The first-order valence-electron chi connectivity index (χ1n) is 10.4. The Kier molecular flexibility index (Phi) is 4.95. The molecule has 30 heavy (non-hydrogen) atoms. The van der Waals surface area contributed by atoms with Gasteiger partial charge in [0.25, 0.3) is 0 Å². The number of fused-ring (bicyclic) bond motifs is 1. The van der Waals surface area contributed by atoms with Crippen LogP contribution in [0.15, 0.2) is 59.9 Å². The van der Waals surface area contributed by atoms with E-state index in [1.807, 2.05) is 55.6 Å². The number of ketones is 1. The Morgan fingerprint density at radius 3 is 2.70 bits per heavy atom. The Morgan fingerprint density at radius 1 is 1.17 bits per heavy atom.